The lowest BCUT2D eigenvalue weighted by molar-refractivity contribution is -0.125. The Morgan fingerprint density at radius 2 is 2.20 bits per heavy atom. The summed E-state index contributed by atoms with van der Waals surface area (Å²) in [6, 6.07) is 8.77. The molecular weight excluding hydrogens is 250 g/mol. The summed E-state index contributed by atoms with van der Waals surface area (Å²) < 4.78 is 0. The zero-order valence-electron chi connectivity index (χ0n) is 11.8. The van der Waals surface area contributed by atoms with E-state index in [1.54, 1.807) is 0 Å². The highest BCUT2D eigenvalue weighted by Gasteiger charge is 2.23. The van der Waals surface area contributed by atoms with Gasteiger partial charge in [0, 0.05) is 19.1 Å². The molecule has 0 aromatic heterocycles. The van der Waals surface area contributed by atoms with Gasteiger partial charge in [-0.25, -0.2) is 0 Å². The number of hydrogen-bond acceptors (Lipinski definition) is 3. The molecule has 2 aliphatic heterocycles. The maximum Gasteiger partial charge on any atom is 0.224 e. The minimum absolute atomic E-state index is 0.141. The van der Waals surface area contributed by atoms with Crippen LogP contribution in [-0.2, 0) is 11.2 Å². The number of rotatable bonds is 3. The summed E-state index contributed by atoms with van der Waals surface area (Å²) >= 11 is 0. The molecular formula is C16H23N3O. The topological polar surface area (TPSA) is 53.2 Å². The molecule has 0 radical (unpaired) electrons. The summed E-state index contributed by atoms with van der Waals surface area (Å²) in [7, 11) is 0. The first-order valence-electron chi connectivity index (χ1n) is 7.64. The Bertz CT molecular complexity index is 469. The van der Waals surface area contributed by atoms with Crippen LogP contribution in [0.4, 0.5) is 0 Å². The predicted molar refractivity (Wildman–Crippen MR) is 79.5 cm³/mol. The maximum absolute atomic E-state index is 12.2. The fourth-order valence-corrected chi connectivity index (χ4v) is 3.20. The van der Waals surface area contributed by atoms with E-state index in [1.165, 1.54) is 11.1 Å². The molecule has 108 valence electrons. The molecule has 2 unspecified atom stereocenters. The first kappa shape index (κ1) is 13.6. The third-order valence-corrected chi connectivity index (χ3v) is 4.36. The molecule has 2 heterocycles. The average Bonchev–Trinajstić information content (AvgIpc) is 2.53. The second-order valence-electron chi connectivity index (χ2n) is 5.74. The predicted octanol–water partition coefficient (Wildman–Crippen LogP) is 0.989. The van der Waals surface area contributed by atoms with Crippen LogP contribution in [0.1, 0.15) is 30.0 Å². The fraction of sp³-hybridized carbons (Fsp3) is 0.562. The minimum atomic E-state index is 0.141. The Labute approximate surface area is 120 Å². The summed E-state index contributed by atoms with van der Waals surface area (Å²) in [5.41, 5.74) is 2.74. The monoisotopic (exact) mass is 273 g/mol. The second kappa shape index (κ2) is 6.37. The summed E-state index contributed by atoms with van der Waals surface area (Å²) in [5, 5.41) is 9.92. The molecule has 0 bridgehead atoms. The van der Waals surface area contributed by atoms with Crippen molar-refractivity contribution >= 4 is 5.91 Å². The molecule has 20 heavy (non-hydrogen) atoms. The molecule has 2 aliphatic rings. The largest absolute Gasteiger partial charge is 0.354 e. The molecule has 3 rings (SSSR count). The van der Waals surface area contributed by atoms with Gasteiger partial charge in [-0.1, -0.05) is 24.3 Å². The van der Waals surface area contributed by atoms with Crippen LogP contribution in [0.2, 0.25) is 0 Å². The molecule has 1 saturated heterocycles. The van der Waals surface area contributed by atoms with Crippen LogP contribution in [0.15, 0.2) is 24.3 Å². The van der Waals surface area contributed by atoms with E-state index in [2.05, 4.69) is 40.2 Å². The molecule has 2 atom stereocenters. The van der Waals surface area contributed by atoms with Gasteiger partial charge in [0.1, 0.15) is 0 Å². The Morgan fingerprint density at radius 1 is 1.30 bits per heavy atom. The Morgan fingerprint density at radius 3 is 3.05 bits per heavy atom. The second-order valence-corrected chi connectivity index (χ2v) is 5.74. The zero-order valence-corrected chi connectivity index (χ0v) is 11.8. The number of piperidine rings is 1. The normalized spacial score (nSPS) is 25.8. The molecule has 1 amide bonds. The number of nitrogens with one attached hydrogen (secondary N) is 3. The van der Waals surface area contributed by atoms with Gasteiger partial charge in [0.25, 0.3) is 0 Å². The van der Waals surface area contributed by atoms with Crippen LogP contribution >= 0.6 is 0 Å². The van der Waals surface area contributed by atoms with Crippen LogP contribution in [0, 0.1) is 5.92 Å². The van der Waals surface area contributed by atoms with E-state index in [9.17, 15) is 4.79 Å². The van der Waals surface area contributed by atoms with Gasteiger partial charge in [-0.05, 0) is 43.5 Å². The quantitative estimate of drug-likeness (QED) is 0.770. The van der Waals surface area contributed by atoms with E-state index in [0.717, 1.165) is 38.9 Å². The number of carbonyl (C=O) groups excluding carboxylic acids is 1. The number of carbonyl (C=O) groups is 1. The molecule has 0 spiro atoms. The highest BCUT2D eigenvalue weighted by Crippen LogP contribution is 2.22. The van der Waals surface area contributed by atoms with E-state index in [-0.39, 0.29) is 17.9 Å². The van der Waals surface area contributed by atoms with Crippen molar-refractivity contribution in [3.05, 3.63) is 35.4 Å². The molecule has 4 heteroatoms. The van der Waals surface area contributed by atoms with Crippen molar-refractivity contribution in [3.63, 3.8) is 0 Å². The Kier molecular flexibility index (Phi) is 4.33. The van der Waals surface area contributed by atoms with Crippen molar-refractivity contribution in [2.45, 2.75) is 25.3 Å². The number of amides is 1. The Hall–Kier alpha value is -1.39. The van der Waals surface area contributed by atoms with Gasteiger partial charge in [0.05, 0.1) is 5.92 Å². The SMILES string of the molecule is O=C(NCC1NCCc2ccccc21)C1CCCNC1. The molecule has 0 saturated carbocycles. The van der Waals surface area contributed by atoms with Gasteiger partial charge in [0.2, 0.25) is 5.91 Å². The lowest BCUT2D eigenvalue weighted by Gasteiger charge is -2.28. The van der Waals surface area contributed by atoms with Crippen molar-refractivity contribution < 1.29 is 4.79 Å². The highest BCUT2D eigenvalue weighted by atomic mass is 16.1. The van der Waals surface area contributed by atoms with Gasteiger partial charge in [-0.3, -0.25) is 4.79 Å². The maximum atomic E-state index is 12.2. The number of benzene rings is 1. The minimum Gasteiger partial charge on any atom is -0.354 e. The molecule has 3 N–H and O–H groups in total. The smallest absolute Gasteiger partial charge is 0.224 e. The van der Waals surface area contributed by atoms with Gasteiger partial charge in [-0.2, -0.15) is 0 Å². The molecule has 1 aromatic carbocycles. The summed E-state index contributed by atoms with van der Waals surface area (Å²) in [6.45, 7) is 3.54. The molecule has 4 nitrogen and oxygen atoms in total. The third kappa shape index (κ3) is 3.02. The lowest BCUT2D eigenvalue weighted by atomic mass is 9.94. The Balaban J connectivity index is 1.57. The number of hydrogen-bond donors (Lipinski definition) is 3. The van der Waals surface area contributed by atoms with Crippen LogP contribution in [0.5, 0.6) is 0 Å². The van der Waals surface area contributed by atoms with E-state index in [4.69, 9.17) is 0 Å². The molecule has 1 aromatic rings. The van der Waals surface area contributed by atoms with Crippen molar-refractivity contribution in [3.8, 4) is 0 Å². The summed E-state index contributed by atoms with van der Waals surface area (Å²) in [4.78, 5) is 12.2. The van der Waals surface area contributed by atoms with Crippen LogP contribution in [0.3, 0.4) is 0 Å². The van der Waals surface area contributed by atoms with Crippen LogP contribution < -0.4 is 16.0 Å². The van der Waals surface area contributed by atoms with Crippen molar-refractivity contribution in [2.24, 2.45) is 5.92 Å². The van der Waals surface area contributed by atoms with E-state index in [0.29, 0.717) is 6.54 Å². The van der Waals surface area contributed by atoms with Gasteiger partial charge in [-0.15, -0.1) is 0 Å². The van der Waals surface area contributed by atoms with Crippen LogP contribution in [0.25, 0.3) is 0 Å². The summed E-state index contributed by atoms with van der Waals surface area (Å²) in [5.74, 6) is 0.338. The van der Waals surface area contributed by atoms with Gasteiger partial charge < -0.3 is 16.0 Å². The average molecular weight is 273 g/mol. The number of fused-ring (bicyclic) bond motifs is 1. The van der Waals surface area contributed by atoms with Gasteiger partial charge in [0.15, 0.2) is 0 Å². The molecule has 0 aliphatic carbocycles. The van der Waals surface area contributed by atoms with Crippen molar-refractivity contribution in [1.82, 2.24) is 16.0 Å². The van der Waals surface area contributed by atoms with E-state index >= 15 is 0 Å². The van der Waals surface area contributed by atoms with E-state index in [1.807, 2.05) is 0 Å². The first-order chi connectivity index (χ1) is 9.84. The third-order valence-electron chi connectivity index (χ3n) is 4.36. The van der Waals surface area contributed by atoms with Gasteiger partial charge >= 0.3 is 0 Å². The highest BCUT2D eigenvalue weighted by molar-refractivity contribution is 5.79. The lowest BCUT2D eigenvalue weighted by Crippen LogP contribution is -2.44. The van der Waals surface area contributed by atoms with Crippen molar-refractivity contribution in [1.29, 1.82) is 0 Å². The van der Waals surface area contributed by atoms with E-state index < -0.39 is 0 Å². The zero-order chi connectivity index (χ0) is 13.8. The fourth-order valence-electron chi connectivity index (χ4n) is 3.20. The molecule has 1 fully saturated rings. The standard InChI is InChI=1S/C16H23N3O/c20-16(13-5-3-8-17-10-13)19-11-15-14-6-2-1-4-12(14)7-9-18-15/h1-2,4,6,13,15,17-18H,3,5,7-11H2,(H,19,20). The van der Waals surface area contributed by atoms with Crippen LogP contribution in [-0.4, -0.2) is 32.1 Å². The van der Waals surface area contributed by atoms with Crippen molar-refractivity contribution in [2.75, 3.05) is 26.2 Å². The first-order valence-corrected chi connectivity index (χ1v) is 7.64. The summed E-state index contributed by atoms with van der Waals surface area (Å²) in [6.07, 6.45) is 3.18.